The molecule has 2 aromatic rings. The number of hydrogen-bond donors (Lipinski definition) is 2. The number of nitrogens with one attached hydrogen (secondary N) is 1. The van der Waals surface area contributed by atoms with Crippen LogP contribution in [-0.2, 0) is 21.1 Å². The van der Waals surface area contributed by atoms with E-state index in [1.807, 2.05) is 30.3 Å². The number of carbonyl (C=O) groups is 1. The number of carbonyl (C=O) groups excluding carboxylic acids is 1. The zero-order valence-electron chi connectivity index (χ0n) is 15.1. The molecule has 1 saturated carbocycles. The number of hydroxylamine groups is 1. The summed E-state index contributed by atoms with van der Waals surface area (Å²) < 4.78 is 31.2. The predicted molar refractivity (Wildman–Crippen MR) is 100 cm³/mol. The van der Waals surface area contributed by atoms with Gasteiger partial charge in [0.15, 0.2) is 9.84 Å². The van der Waals surface area contributed by atoms with Gasteiger partial charge in [0.2, 0.25) is 5.91 Å². The molecule has 0 aromatic heterocycles. The Balaban J connectivity index is 2.12. The molecule has 144 valence electrons. The van der Waals surface area contributed by atoms with Crippen molar-refractivity contribution < 1.29 is 23.2 Å². The third-order valence-corrected chi connectivity index (χ3v) is 8.00. The van der Waals surface area contributed by atoms with Crippen LogP contribution in [0.4, 0.5) is 0 Å². The van der Waals surface area contributed by atoms with E-state index in [1.54, 1.807) is 17.6 Å². The van der Waals surface area contributed by atoms with Crippen LogP contribution in [0.5, 0.6) is 5.75 Å². The molecular weight excluding hydrogens is 366 g/mol. The first kappa shape index (κ1) is 19.4. The molecule has 27 heavy (non-hydrogen) atoms. The minimum absolute atomic E-state index is 0.150. The predicted octanol–water partition coefficient (Wildman–Crippen LogP) is 2.76. The van der Waals surface area contributed by atoms with E-state index in [9.17, 15) is 18.4 Å². The van der Waals surface area contributed by atoms with Crippen molar-refractivity contribution in [3.63, 3.8) is 0 Å². The summed E-state index contributed by atoms with van der Waals surface area (Å²) in [5, 5.41) is 9.19. The summed E-state index contributed by atoms with van der Waals surface area (Å²) in [4.78, 5) is 12.5. The van der Waals surface area contributed by atoms with E-state index < -0.39 is 26.4 Å². The molecular formula is C20H23NO5S. The van der Waals surface area contributed by atoms with Gasteiger partial charge < -0.3 is 4.74 Å². The molecule has 6 nitrogen and oxygen atoms in total. The number of methoxy groups -OCH3 is 1. The summed E-state index contributed by atoms with van der Waals surface area (Å²) in [6, 6.07) is 15.5. The average Bonchev–Trinajstić information content (AvgIpc) is 3.13. The van der Waals surface area contributed by atoms with Crippen LogP contribution in [-0.4, -0.2) is 31.4 Å². The van der Waals surface area contributed by atoms with Crippen LogP contribution >= 0.6 is 0 Å². The van der Waals surface area contributed by atoms with Gasteiger partial charge in [-0.05, 0) is 49.1 Å². The maximum Gasteiger partial charge on any atom is 0.248 e. The second kappa shape index (κ2) is 7.70. The molecule has 1 aliphatic carbocycles. The second-order valence-electron chi connectivity index (χ2n) is 6.83. The number of hydrogen-bond acceptors (Lipinski definition) is 5. The Bertz CT molecular complexity index is 896. The Hall–Kier alpha value is -2.38. The van der Waals surface area contributed by atoms with Crippen LogP contribution < -0.4 is 10.2 Å². The largest absolute Gasteiger partial charge is 0.497 e. The number of benzene rings is 2. The molecule has 0 radical (unpaired) electrons. The van der Waals surface area contributed by atoms with Crippen LogP contribution in [0.1, 0.15) is 24.8 Å². The van der Waals surface area contributed by atoms with Crippen molar-refractivity contribution >= 4 is 15.7 Å². The minimum Gasteiger partial charge on any atom is -0.497 e. The van der Waals surface area contributed by atoms with Crippen molar-refractivity contribution in [2.45, 2.75) is 35.3 Å². The van der Waals surface area contributed by atoms with E-state index in [0.717, 1.165) is 5.56 Å². The lowest BCUT2D eigenvalue weighted by atomic mass is 9.88. The summed E-state index contributed by atoms with van der Waals surface area (Å²) in [5.41, 5.74) is 2.51. The van der Waals surface area contributed by atoms with Gasteiger partial charge in [0.05, 0.1) is 22.7 Å². The fourth-order valence-corrected chi connectivity index (χ4v) is 6.38. The monoisotopic (exact) mass is 389 g/mol. The number of amides is 1. The number of rotatable bonds is 6. The molecule has 7 heteroatoms. The summed E-state index contributed by atoms with van der Waals surface area (Å²) >= 11 is 0. The molecule has 0 aliphatic heterocycles. The van der Waals surface area contributed by atoms with E-state index in [1.165, 1.54) is 19.2 Å². The third-order valence-electron chi connectivity index (χ3n) is 5.41. The first-order valence-electron chi connectivity index (χ1n) is 8.81. The Morgan fingerprint density at radius 1 is 1.19 bits per heavy atom. The molecule has 3 rings (SSSR count). The molecule has 1 aliphatic rings. The van der Waals surface area contributed by atoms with Crippen molar-refractivity contribution in [2.75, 3.05) is 7.11 Å². The van der Waals surface area contributed by atoms with Crippen molar-refractivity contribution in [3.8, 4) is 5.75 Å². The van der Waals surface area contributed by atoms with Crippen LogP contribution in [0.2, 0.25) is 0 Å². The zero-order valence-corrected chi connectivity index (χ0v) is 15.9. The van der Waals surface area contributed by atoms with E-state index in [0.29, 0.717) is 25.0 Å². The lowest BCUT2D eigenvalue weighted by Gasteiger charge is -2.34. The molecule has 1 amide bonds. The van der Waals surface area contributed by atoms with Gasteiger partial charge in [-0.1, -0.05) is 36.8 Å². The van der Waals surface area contributed by atoms with Crippen molar-refractivity contribution in [3.05, 3.63) is 60.2 Å². The van der Waals surface area contributed by atoms with E-state index >= 15 is 0 Å². The van der Waals surface area contributed by atoms with Crippen molar-refractivity contribution in [2.24, 2.45) is 5.92 Å². The lowest BCUT2D eigenvalue weighted by molar-refractivity contribution is -0.134. The normalized spacial score (nSPS) is 22.4. The van der Waals surface area contributed by atoms with Gasteiger partial charge >= 0.3 is 0 Å². The van der Waals surface area contributed by atoms with Gasteiger partial charge in [-0.25, -0.2) is 13.9 Å². The quantitative estimate of drug-likeness (QED) is 0.585. The molecule has 2 aromatic carbocycles. The first-order valence-corrected chi connectivity index (χ1v) is 10.3. The van der Waals surface area contributed by atoms with Crippen LogP contribution in [0.15, 0.2) is 59.5 Å². The summed E-state index contributed by atoms with van der Waals surface area (Å²) in [7, 11) is -2.34. The fraction of sp³-hybridized carbons (Fsp3) is 0.350. The number of sulfone groups is 1. The Labute approximate surface area is 159 Å². The second-order valence-corrected chi connectivity index (χ2v) is 9.12. The minimum atomic E-state index is -3.86. The van der Waals surface area contributed by atoms with E-state index in [4.69, 9.17) is 4.74 Å². The van der Waals surface area contributed by atoms with Gasteiger partial charge in [0.1, 0.15) is 5.75 Å². The van der Waals surface area contributed by atoms with Gasteiger partial charge in [-0.3, -0.25) is 10.0 Å². The van der Waals surface area contributed by atoms with Crippen LogP contribution in [0.25, 0.3) is 0 Å². The maximum absolute atomic E-state index is 13.7. The third kappa shape index (κ3) is 3.44. The topological polar surface area (TPSA) is 92.7 Å². The van der Waals surface area contributed by atoms with Crippen molar-refractivity contribution in [1.29, 1.82) is 0 Å². The average molecular weight is 389 g/mol. The highest BCUT2D eigenvalue weighted by atomic mass is 32.2. The molecule has 2 unspecified atom stereocenters. The smallest absolute Gasteiger partial charge is 0.248 e. The summed E-state index contributed by atoms with van der Waals surface area (Å²) in [6.45, 7) is 0. The van der Waals surface area contributed by atoms with E-state index in [2.05, 4.69) is 0 Å². The molecule has 1 fully saturated rings. The fourth-order valence-electron chi connectivity index (χ4n) is 4.05. The molecule has 0 bridgehead atoms. The maximum atomic E-state index is 13.7. The molecule has 2 atom stereocenters. The SMILES string of the molecule is COc1ccc(S(=O)(=O)C2(Cc3ccccc3)CCCC2C(=O)NO)cc1. The van der Waals surface area contributed by atoms with Gasteiger partial charge in [0.25, 0.3) is 0 Å². The van der Waals surface area contributed by atoms with Crippen LogP contribution in [0, 0.1) is 5.92 Å². The zero-order chi connectivity index (χ0) is 19.5. The standard InChI is InChI=1S/C20H23NO5S/c1-26-16-9-11-17(12-10-16)27(24,25)20(14-15-6-3-2-4-7-15)13-5-8-18(20)19(22)21-23/h2-4,6-7,9-12,18,23H,5,8,13-14H2,1H3,(H,21,22). The highest BCUT2D eigenvalue weighted by molar-refractivity contribution is 7.93. The highest BCUT2D eigenvalue weighted by Gasteiger charge is 2.56. The Morgan fingerprint density at radius 2 is 1.85 bits per heavy atom. The summed E-state index contributed by atoms with van der Waals surface area (Å²) in [6.07, 6.45) is 1.57. The lowest BCUT2D eigenvalue weighted by Crippen LogP contribution is -2.50. The first-order chi connectivity index (χ1) is 12.9. The highest BCUT2D eigenvalue weighted by Crippen LogP contribution is 2.47. The van der Waals surface area contributed by atoms with Crippen molar-refractivity contribution in [1.82, 2.24) is 5.48 Å². The summed E-state index contributed by atoms with van der Waals surface area (Å²) in [5.74, 6) is -0.919. The van der Waals surface area contributed by atoms with Gasteiger partial charge in [0, 0.05) is 0 Å². The Morgan fingerprint density at radius 3 is 2.44 bits per heavy atom. The van der Waals surface area contributed by atoms with E-state index in [-0.39, 0.29) is 11.3 Å². The van der Waals surface area contributed by atoms with Crippen LogP contribution in [0.3, 0.4) is 0 Å². The molecule has 0 saturated heterocycles. The van der Waals surface area contributed by atoms with Gasteiger partial charge in [-0.15, -0.1) is 0 Å². The molecule has 0 spiro atoms. The van der Waals surface area contributed by atoms with Gasteiger partial charge in [-0.2, -0.15) is 0 Å². The Kier molecular flexibility index (Phi) is 5.53. The molecule has 2 N–H and O–H groups in total. The number of ether oxygens (including phenoxy) is 1. The molecule has 0 heterocycles.